The second kappa shape index (κ2) is 10.8. The second-order valence-corrected chi connectivity index (χ2v) is 11.6. The fourth-order valence-corrected chi connectivity index (χ4v) is 6.89. The Bertz CT molecular complexity index is 1050. The van der Waals surface area contributed by atoms with Gasteiger partial charge in [0.2, 0.25) is 17.7 Å². The Morgan fingerprint density at radius 1 is 1.16 bits per heavy atom. The maximum absolute atomic E-state index is 14.2. The van der Waals surface area contributed by atoms with Gasteiger partial charge < -0.3 is 30.1 Å². The number of fused-ring (bicyclic) bond motifs is 1. The van der Waals surface area contributed by atoms with Crippen molar-refractivity contribution in [2.24, 2.45) is 17.8 Å². The van der Waals surface area contributed by atoms with Crippen LogP contribution in [-0.2, 0) is 19.1 Å². The first-order chi connectivity index (χ1) is 18.0. The van der Waals surface area contributed by atoms with Gasteiger partial charge in [-0.25, -0.2) is 0 Å². The van der Waals surface area contributed by atoms with E-state index in [-0.39, 0.29) is 36.3 Å². The first-order valence-corrected chi connectivity index (χ1v) is 14.0. The number of ether oxygens (including phenoxy) is 2. The number of carbonyl (C=O) groups excluding carboxylic acids is 3. The summed E-state index contributed by atoms with van der Waals surface area (Å²) in [6.07, 6.45) is 2.78. The number of aliphatic hydroxyl groups is 1. The van der Waals surface area contributed by atoms with Crippen LogP contribution in [-0.4, -0.2) is 70.3 Å². The number of nitrogens with one attached hydrogen (secondary N) is 2. The molecule has 1 spiro atoms. The van der Waals surface area contributed by atoms with Crippen LogP contribution >= 0.6 is 0 Å². The van der Waals surface area contributed by atoms with Crippen molar-refractivity contribution in [3.63, 3.8) is 0 Å². The number of nitrogens with zero attached hydrogens (tertiary/aromatic N) is 1. The van der Waals surface area contributed by atoms with Crippen LogP contribution < -0.4 is 15.4 Å². The van der Waals surface area contributed by atoms with Gasteiger partial charge in [-0.05, 0) is 70.2 Å². The fraction of sp³-hybridized carbons (Fsp3) is 0.690. The summed E-state index contributed by atoms with van der Waals surface area (Å²) in [7, 11) is 0. The van der Waals surface area contributed by atoms with Gasteiger partial charge in [-0.1, -0.05) is 27.2 Å². The molecule has 7 atom stereocenters. The monoisotopic (exact) mass is 529 g/mol. The van der Waals surface area contributed by atoms with E-state index in [4.69, 9.17) is 9.47 Å². The average molecular weight is 530 g/mol. The first kappa shape index (κ1) is 28.4. The van der Waals surface area contributed by atoms with Crippen molar-refractivity contribution in [2.45, 2.75) is 96.6 Å². The summed E-state index contributed by atoms with van der Waals surface area (Å²) in [6.45, 7) is 11.9. The lowest BCUT2D eigenvalue weighted by Crippen LogP contribution is -2.59. The number of amides is 3. The maximum Gasteiger partial charge on any atom is 0.246 e. The predicted molar refractivity (Wildman–Crippen MR) is 144 cm³/mol. The Kier molecular flexibility index (Phi) is 8.09. The molecule has 38 heavy (non-hydrogen) atoms. The Balaban J connectivity index is 1.69. The highest BCUT2D eigenvalue weighted by Crippen LogP contribution is 2.63. The molecule has 3 unspecified atom stereocenters. The average Bonchev–Trinajstić information content (AvgIpc) is 3.42. The Labute approximate surface area is 225 Å². The Morgan fingerprint density at radius 3 is 2.42 bits per heavy atom. The summed E-state index contributed by atoms with van der Waals surface area (Å²) in [5.41, 5.74) is -1.40. The van der Waals surface area contributed by atoms with Crippen molar-refractivity contribution in [3.8, 4) is 5.75 Å². The topological polar surface area (TPSA) is 117 Å². The van der Waals surface area contributed by atoms with E-state index in [1.54, 1.807) is 24.3 Å². The first-order valence-electron chi connectivity index (χ1n) is 14.0. The van der Waals surface area contributed by atoms with Gasteiger partial charge in [0.1, 0.15) is 17.4 Å². The summed E-state index contributed by atoms with van der Waals surface area (Å²) >= 11 is 0. The molecule has 3 aliphatic rings. The minimum atomic E-state index is -1.12. The van der Waals surface area contributed by atoms with E-state index in [0.29, 0.717) is 30.9 Å². The highest BCUT2D eigenvalue weighted by Gasteiger charge is 2.78. The van der Waals surface area contributed by atoms with E-state index in [9.17, 15) is 19.5 Å². The maximum atomic E-state index is 14.2. The van der Waals surface area contributed by atoms with Crippen molar-refractivity contribution < 1.29 is 29.0 Å². The Morgan fingerprint density at radius 2 is 1.84 bits per heavy atom. The summed E-state index contributed by atoms with van der Waals surface area (Å²) in [5, 5.41) is 16.4. The fourth-order valence-electron chi connectivity index (χ4n) is 6.89. The zero-order valence-electron chi connectivity index (χ0n) is 23.5. The van der Waals surface area contributed by atoms with Gasteiger partial charge in [0, 0.05) is 11.7 Å². The minimum Gasteiger partial charge on any atom is -0.494 e. The molecule has 0 aromatic heterocycles. The van der Waals surface area contributed by atoms with Crippen LogP contribution in [0.1, 0.15) is 67.2 Å². The van der Waals surface area contributed by atoms with Gasteiger partial charge in [0.05, 0.1) is 36.7 Å². The van der Waals surface area contributed by atoms with Crippen molar-refractivity contribution in [2.75, 3.05) is 18.5 Å². The Hall–Kier alpha value is -2.65. The minimum absolute atomic E-state index is 0.0699. The molecular formula is C29H43N3O6. The van der Waals surface area contributed by atoms with Crippen LogP contribution in [0.3, 0.4) is 0 Å². The van der Waals surface area contributed by atoms with E-state index in [1.165, 1.54) is 4.90 Å². The van der Waals surface area contributed by atoms with E-state index in [1.807, 2.05) is 34.6 Å². The molecular weight excluding hydrogens is 486 g/mol. The number of aliphatic hydroxyl groups excluding tert-OH is 1. The lowest BCUT2D eigenvalue weighted by Gasteiger charge is -2.39. The van der Waals surface area contributed by atoms with Gasteiger partial charge in [-0.3, -0.25) is 14.4 Å². The van der Waals surface area contributed by atoms with Crippen LogP contribution in [0.5, 0.6) is 5.75 Å². The van der Waals surface area contributed by atoms with Crippen molar-refractivity contribution >= 4 is 23.4 Å². The zero-order valence-corrected chi connectivity index (χ0v) is 23.5. The summed E-state index contributed by atoms with van der Waals surface area (Å²) in [4.78, 5) is 43.3. The molecule has 3 fully saturated rings. The number of hydrogen-bond donors (Lipinski definition) is 3. The normalized spacial score (nSPS) is 31.3. The molecule has 0 saturated carbocycles. The highest BCUT2D eigenvalue weighted by atomic mass is 16.5. The largest absolute Gasteiger partial charge is 0.494 e. The molecule has 1 aromatic rings. The molecule has 210 valence electrons. The van der Waals surface area contributed by atoms with Crippen LogP contribution in [0.15, 0.2) is 24.3 Å². The molecule has 9 nitrogen and oxygen atoms in total. The van der Waals surface area contributed by atoms with Gasteiger partial charge >= 0.3 is 0 Å². The molecule has 4 rings (SSSR count). The van der Waals surface area contributed by atoms with Crippen LogP contribution in [0.2, 0.25) is 0 Å². The molecule has 0 radical (unpaired) electrons. The molecule has 0 aliphatic carbocycles. The standard InChI is InChI=1S/C29H43N3O6/c1-7-9-18(5)30-26(35)24-29-15-14-28(6,38-29)22(23(29)27(36)32(24)21(16-33)17(3)4)25(34)31-19-10-12-20(13-11-19)37-8-2/h10-13,17-18,21-24,33H,7-9,14-16H2,1-6H3,(H,30,35)(H,31,34)/t18?,21-,22-,23-,24?,28+,29?/m0/s1. The van der Waals surface area contributed by atoms with Gasteiger partial charge in [0.25, 0.3) is 0 Å². The van der Waals surface area contributed by atoms with Crippen molar-refractivity contribution in [1.82, 2.24) is 10.2 Å². The third-order valence-electron chi connectivity index (χ3n) is 8.60. The van der Waals surface area contributed by atoms with E-state index >= 15 is 0 Å². The number of anilines is 1. The van der Waals surface area contributed by atoms with Crippen LogP contribution in [0, 0.1) is 17.8 Å². The molecule has 3 heterocycles. The van der Waals surface area contributed by atoms with E-state index in [2.05, 4.69) is 17.6 Å². The zero-order chi connectivity index (χ0) is 27.8. The molecule has 3 amide bonds. The number of benzene rings is 1. The molecule has 2 bridgehead atoms. The van der Waals surface area contributed by atoms with Crippen molar-refractivity contribution in [1.29, 1.82) is 0 Å². The third kappa shape index (κ3) is 4.68. The predicted octanol–water partition coefficient (Wildman–Crippen LogP) is 3.11. The number of rotatable bonds is 11. The van der Waals surface area contributed by atoms with Gasteiger partial charge in [-0.15, -0.1) is 0 Å². The lowest BCUT2D eigenvalue weighted by molar-refractivity contribution is -0.150. The smallest absolute Gasteiger partial charge is 0.246 e. The van der Waals surface area contributed by atoms with Crippen LogP contribution in [0.4, 0.5) is 5.69 Å². The number of hydrogen-bond acceptors (Lipinski definition) is 6. The number of carbonyl (C=O) groups is 3. The molecule has 1 aromatic carbocycles. The van der Waals surface area contributed by atoms with Gasteiger partial charge in [0.15, 0.2) is 0 Å². The summed E-state index contributed by atoms with van der Waals surface area (Å²) < 4.78 is 12.2. The SMILES string of the molecule is CCCC(C)NC(=O)C1N([C@@H](CO)C(C)C)C(=O)[C@@H]2[C@@H](C(=O)Nc3ccc(OCC)cc3)[C@@]3(C)CCC12O3. The van der Waals surface area contributed by atoms with Crippen LogP contribution in [0.25, 0.3) is 0 Å². The summed E-state index contributed by atoms with van der Waals surface area (Å²) in [5.74, 6) is -1.84. The molecule has 3 saturated heterocycles. The lowest BCUT2D eigenvalue weighted by atomic mass is 9.66. The molecule has 3 N–H and O–H groups in total. The molecule has 3 aliphatic heterocycles. The van der Waals surface area contributed by atoms with Crippen molar-refractivity contribution in [3.05, 3.63) is 24.3 Å². The van der Waals surface area contributed by atoms with Gasteiger partial charge in [-0.2, -0.15) is 0 Å². The van der Waals surface area contributed by atoms with E-state index < -0.39 is 35.1 Å². The number of likely N-dealkylation sites (tertiary alicyclic amines) is 1. The quantitative estimate of drug-likeness (QED) is 0.406. The molecule has 9 heteroatoms. The third-order valence-corrected chi connectivity index (χ3v) is 8.60. The van der Waals surface area contributed by atoms with E-state index in [0.717, 1.165) is 12.8 Å². The highest BCUT2D eigenvalue weighted by molar-refractivity contribution is 6.02. The summed E-state index contributed by atoms with van der Waals surface area (Å²) in [6, 6.07) is 5.56. The second-order valence-electron chi connectivity index (χ2n) is 11.6.